The second-order valence-electron chi connectivity index (χ2n) is 8.53. The molecule has 1 aliphatic rings. The lowest BCUT2D eigenvalue weighted by molar-refractivity contribution is -0.122. The van der Waals surface area contributed by atoms with Crippen LogP contribution in [0.3, 0.4) is 0 Å². The van der Waals surface area contributed by atoms with Crippen LogP contribution in [0.2, 0.25) is 0 Å². The Labute approximate surface area is 198 Å². The highest BCUT2D eigenvalue weighted by Gasteiger charge is 2.37. The normalized spacial score (nSPS) is 17.5. The Morgan fingerprint density at radius 1 is 1.15 bits per heavy atom. The van der Waals surface area contributed by atoms with Crippen LogP contribution in [0.25, 0.3) is 0 Å². The summed E-state index contributed by atoms with van der Waals surface area (Å²) in [5.41, 5.74) is 2.84. The van der Waals surface area contributed by atoms with Crippen LogP contribution in [0.1, 0.15) is 47.5 Å². The summed E-state index contributed by atoms with van der Waals surface area (Å²) in [4.78, 5) is 29.2. The van der Waals surface area contributed by atoms with Crippen LogP contribution >= 0.6 is 11.3 Å². The molecule has 1 saturated heterocycles. The number of hydrogen-bond acceptors (Lipinski definition) is 5. The molecule has 33 heavy (non-hydrogen) atoms. The summed E-state index contributed by atoms with van der Waals surface area (Å²) >= 11 is 1.61. The number of ether oxygens (including phenoxy) is 1. The van der Waals surface area contributed by atoms with Gasteiger partial charge in [0.1, 0.15) is 5.75 Å². The average molecular weight is 464 g/mol. The van der Waals surface area contributed by atoms with Gasteiger partial charge >= 0.3 is 0 Å². The van der Waals surface area contributed by atoms with E-state index in [1.165, 1.54) is 5.56 Å². The number of aromatic nitrogens is 1. The lowest BCUT2D eigenvalue weighted by atomic mass is 9.85. The number of thiazole rings is 1. The fraction of sp³-hybridized carbons (Fsp3) is 0.346. The molecule has 0 saturated carbocycles. The third kappa shape index (κ3) is 6.42. The Morgan fingerprint density at radius 2 is 1.94 bits per heavy atom. The van der Waals surface area contributed by atoms with Gasteiger partial charge in [-0.1, -0.05) is 42.5 Å². The van der Waals surface area contributed by atoms with E-state index in [0.717, 1.165) is 34.9 Å². The van der Waals surface area contributed by atoms with E-state index < -0.39 is 0 Å². The van der Waals surface area contributed by atoms with Gasteiger partial charge in [0.15, 0.2) is 0 Å². The maximum atomic E-state index is 12.6. The minimum absolute atomic E-state index is 0.0251. The van der Waals surface area contributed by atoms with E-state index in [2.05, 4.69) is 27.8 Å². The molecular weight excluding hydrogens is 434 g/mol. The van der Waals surface area contributed by atoms with Gasteiger partial charge in [-0.15, -0.1) is 11.3 Å². The van der Waals surface area contributed by atoms with Crippen molar-refractivity contribution in [2.45, 2.75) is 50.6 Å². The van der Waals surface area contributed by atoms with E-state index in [1.807, 2.05) is 47.8 Å². The summed E-state index contributed by atoms with van der Waals surface area (Å²) < 4.78 is 5.23. The van der Waals surface area contributed by atoms with Crippen LogP contribution < -0.4 is 15.4 Å². The summed E-state index contributed by atoms with van der Waals surface area (Å²) in [6.45, 7) is 0.419. The molecule has 2 heterocycles. The van der Waals surface area contributed by atoms with Crippen molar-refractivity contribution in [3.8, 4) is 5.75 Å². The molecule has 4 rings (SSSR count). The number of nitrogens with one attached hydrogen (secondary N) is 2. The highest BCUT2D eigenvalue weighted by Crippen LogP contribution is 2.30. The molecule has 0 spiro atoms. The first-order chi connectivity index (χ1) is 16.0. The lowest BCUT2D eigenvalue weighted by Gasteiger charge is -2.29. The average Bonchev–Trinajstić information content (AvgIpc) is 3.44. The van der Waals surface area contributed by atoms with Gasteiger partial charge in [-0.3, -0.25) is 9.59 Å². The molecule has 6 nitrogen and oxygen atoms in total. The van der Waals surface area contributed by atoms with Gasteiger partial charge in [0, 0.05) is 30.2 Å². The fourth-order valence-electron chi connectivity index (χ4n) is 4.23. The van der Waals surface area contributed by atoms with Gasteiger partial charge in [-0.25, -0.2) is 4.98 Å². The van der Waals surface area contributed by atoms with Gasteiger partial charge in [-0.2, -0.15) is 0 Å². The Kier molecular flexibility index (Phi) is 7.40. The van der Waals surface area contributed by atoms with E-state index in [-0.39, 0.29) is 17.4 Å². The SMILES string of the molecule is COc1ccc(C[C@]2(CCC(=O)NCc3csc(Cc4ccccc4)n3)CCC(=O)N2)cc1. The molecule has 1 aromatic heterocycles. The molecule has 7 heteroatoms. The van der Waals surface area contributed by atoms with Crippen molar-refractivity contribution in [2.75, 3.05) is 7.11 Å². The van der Waals surface area contributed by atoms with Crippen molar-refractivity contribution >= 4 is 23.2 Å². The molecule has 0 radical (unpaired) electrons. The predicted molar refractivity (Wildman–Crippen MR) is 129 cm³/mol. The first-order valence-corrected chi connectivity index (χ1v) is 12.1. The number of benzene rings is 2. The van der Waals surface area contributed by atoms with E-state index in [4.69, 9.17) is 4.74 Å². The number of nitrogens with zero attached hydrogens (tertiary/aromatic N) is 1. The maximum Gasteiger partial charge on any atom is 0.220 e. The minimum atomic E-state index is -0.382. The zero-order valence-corrected chi connectivity index (χ0v) is 19.6. The smallest absolute Gasteiger partial charge is 0.220 e. The number of carbonyl (C=O) groups is 2. The number of rotatable bonds is 10. The van der Waals surface area contributed by atoms with Gasteiger partial charge in [-0.05, 0) is 42.5 Å². The molecule has 172 valence electrons. The van der Waals surface area contributed by atoms with E-state index in [9.17, 15) is 9.59 Å². The summed E-state index contributed by atoms with van der Waals surface area (Å²) in [7, 11) is 1.64. The standard InChI is InChI=1S/C26H29N3O3S/c1-32-22-9-7-20(8-10-22)16-26(14-12-24(31)29-26)13-11-23(30)27-17-21-18-33-25(28-21)15-19-5-3-2-4-6-19/h2-10,18H,11-17H2,1H3,(H,27,30)(H,29,31)/t26-/m0/s1. The summed E-state index contributed by atoms with van der Waals surface area (Å²) in [6, 6.07) is 18.1. The topological polar surface area (TPSA) is 80.3 Å². The molecule has 0 bridgehead atoms. The molecule has 1 aliphatic heterocycles. The van der Waals surface area contributed by atoms with E-state index >= 15 is 0 Å². The Bertz CT molecular complexity index is 1080. The van der Waals surface area contributed by atoms with Crippen molar-refractivity contribution in [1.29, 1.82) is 0 Å². The number of methoxy groups -OCH3 is 1. The summed E-state index contributed by atoms with van der Waals surface area (Å²) in [5, 5.41) is 9.16. The highest BCUT2D eigenvalue weighted by atomic mass is 32.1. The Morgan fingerprint density at radius 3 is 2.64 bits per heavy atom. The van der Waals surface area contributed by atoms with Gasteiger partial charge in [0.05, 0.1) is 24.4 Å². The van der Waals surface area contributed by atoms with Crippen LogP contribution in [0.5, 0.6) is 5.75 Å². The van der Waals surface area contributed by atoms with Crippen molar-refractivity contribution < 1.29 is 14.3 Å². The van der Waals surface area contributed by atoms with Crippen molar-refractivity contribution in [3.05, 3.63) is 81.8 Å². The lowest BCUT2D eigenvalue weighted by Crippen LogP contribution is -2.44. The predicted octanol–water partition coefficient (Wildman–Crippen LogP) is 4.03. The number of hydrogen-bond donors (Lipinski definition) is 2. The zero-order valence-electron chi connectivity index (χ0n) is 18.8. The second kappa shape index (κ2) is 10.6. The van der Waals surface area contributed by atoms with Gasteiger partial charge in [0.25, 0.3) is 0 Å². The quantitative estimate of drug-likeness (QED) is 0.476. The summed E-state index contributed by atoms with van der Waals surface area (Å²) in [5.74, 6) is 0.830. The van der Waals surface area contributed by atoms with Crippen molar-refractivity contribution in [1.82, 2.24) is 15.6 Å². The number of amides is 2. The molecule has 0 unspecified atom stereocenters. The zero-order chi connectivity index (χ0) is 23.1. The molecule has 0 aliphatic carbocycles. The first-order valence-electron chi connectivity index (χ1n) is 11.2. The maximum absolute atomic E-state index is 12.6. The Hall–Kier alpha value is -3.19. The van der Waals surface area contributed by atoms with E-state index in [0.29, 0.717) is 32.2 Å². The minimum Gasteiger partial charge on any atom is -0.497 e. The molecule has 2 N–H and O–H groups in total. The van der Waals surface area contributed by atoms with Crippen molar-refractivity contribution in [2.24, 2.45) is 0 Å². The monoisotopic (exact) mass is 463 g/mol. The highest BCUT2D eigenvalue weighted by molar-refractivity contribution is 7.09. The molecule has 1 fully saturated rings. The van der Waals surface area contributed by atoms with Gasteiger partial charge in [0.2, 0.25) is 11.8 Å². The molecule has 1 atom stereocenters. The van der Waals surface area contributed by atoms with E-state index in [1.54, 1.807) is 18.4 Å². The molecular formula is C26H29N3O3S. The summed E-state index contributed by atoms with van der Waals surface area (Å²) in [6.07, 6.45) is 3.70. The second-order valence-corrected chi connectivity index (χ2v) is 9.47. The number of carbonyl (C=O) groups excluding carboxylic acids is 2. The van der Waals surface area contributed by atoms with Crippen LogP contribution in [0.15, 0.2) is 60.0 Å². The molecule has 2 amide bonds. The van der Waals surface area contributed by atoms with Crippen LogP contribution in [-0.4, -0.2) is 29.4 Å². The largest absolute Gasteiger partial charge is 0.497 e. The third-order valence-corrected chi connectivity index (χ3v) is 6.93. The van der Waals surface area contributed by atoms with Crippen LogP contribution in [-0.2, 0) is 29.0 Å². The molecule has 2 aromatic carbocycles. The van der Waals surface area contributed by atoms with Crippen LogP contribution in [0, 0.1) is 0 Å². The fourth-order valence-corrected chi connectivity index (χ4v) is 5.06. The third-order valence-electron chi connectivity index (χ3n) is 6.03. The molecule has 3 aromatic rings. The first kappa shape index (κ1) is 23.0. The van der Waals surface area contributed by atoms with Crippen LogP contribution in [0.4, 0.5) is 0 Å². The van der Waals surface area contributed by atoms with Gasteiger partial charge < -0.3 is 15.4 Å². The van der Waals surface area contributed by atoms with Crippen molar-refractivity contribution in [3.63, 3.8) is 0 Å². The Balaban J connectivity index is 1.28.